The van der Waals surface area contributed by atoms with E-state index in [1.165, 1.54) is 0 Å². The molecule has 16 heavy (non-hydrogen) atoms. The Kier molecular flexibility index (Phi) is 4.91. The molecule has 1 aromatic heterocycles. The summed E-state index contributed by atoms with van der Waals surface area (Å²) in [5, 5.41) is 12.2. The van der Waals surface area contributed by atoms with Crippen LogP contribution in [0.15, 0.2) is 4.52 Å². The van der Waals surface area contributed by atoms with E-state index in [0.717, 1.165) is 0 Å². The molecule has 6 heteroatoms. The van der Waals surface area contributed by atoms with Gasteiger partial charge in [-0.05, 0) is 20.3 Å². The van der Waals surface area contributed by atoms with Crippen molar-refractivity contribution in [1.29, 1.82) is 0 Å². The number of carboxylic acids is 1. The van der Waals surface area contributed by atoms with Gasteiger partial charge < -0.3 is 14.4 Å². The van der Waals surface area contributed by atoms with Crippen LogP contribution >= 0.6 is 0 Å². The number of carboxylic acid groups (broad SMARTS) is 1. The van der Waals surface area contributed by atoms with Crippen molar-refractivity contribution < 1.29 is 19.2 Å². The van der Waals surface area contributed by atoms with Crippen molar-refractivity contribution >= 4 is 5.97 Å². The molecule has 1 N–H and O–H groups in total. The molecule has 1 heterocycles. The van der Waals surface area contributed by atoms with Gasteiger partial charge in [0.15, 0.2) is 5.82 Å². The molecule has 1 unspecified atom stereocenters. The highest BCUT2D eigenvalue weighted by Gasteiger charge is 2.13. The molecule has 1 atom stereocenters. The average molecular weight is 228 g/mol. The molecule has 0 amide bonds. The summed E-state index contributed by atoms with van der Waals surface area (Å²) in [6.07, 6.45) is 0.901. The molecule has 0 aromatic carbocycles. The quantitative estimate of drug-likeness (QED) is 0.762. The van der Waals surface area contributed by atoms with E-state index in [2.05, 4.69) is 10.1 Å². The van der Waals surface area contributed by atoms with E-state index < -0.39 is 5.97 Å². The number of aryl methyl sites for hydroxylation is 1. The minimum atomic E-state index is -0.817. The summed E-state index contributed by atoms with van der Waals surface area (Å²) >= 11 is 0. The average Bonchev–Trinajstić information content (AvgIpc) is 2.66. The van der Waals surface area contributed by atoms with Crippen LogP contribution in [-0.2, 0) is 16.0 Å². The molecule has 0 aliphatic heterocycles. The van der Waals surface area contributed by atoms with Crippen molar-refractivity contribution in [3.8, 4) is 0 Å². The number of aliphatic carboxylic acids is 1. The number of carbonyl (C=O) groups is 1. The molecule has 0 radical (unpaired) electrons. The Balaban J connectivity index is 2.41. The summed E-state index contributed by atoms with van der Waals surface area (Å²) in [4.78, 5) is 14.4. The summed E-state index contributed by atoms with van der Waals surface area (Å²) in [5.74, 6) is 0.150. The van der Waals surface area contributed by atoms with Gasteiger partial charge in [-0.25, -0.2) is 0 Å². The fourth-order valence-corrected chi connectivity index (χ4v) is 1.25. The molecule has 0 saturated carbocycles. The zero-order valence-electron chi connectivity index (χ0n) is 9.47. The van der Waals surface area contributed by atoms with Gasteiger partial charge in [0.05, 0.1) is 0 Å². The molecule has 0 aliphatic carbocycles. The Labute approximate surface area is 93.6 Å². The molecule has 0 spiro atoms. The molecule has 0 fully saturated rings. The lowest BCUT2D eigenvalue weighted by Gasteiger charge is -2.04. The van der Waals surface area contributed by atoms with E-state index in [-0.39, 0.29) is 12.5 Å². The molecular formula is C10H16N2O4. The molecule has 6 nitrogen and oxygen atoms in total. The second kappa shape index (κ2) is 6.22. The summed E-state index contributed by atoms with van der Waals surface area (Å²) in [6, 6.07) is 0. The Hall–Kier alpha value is -1.43. The number of hydrogen-bond donors (Lipinski definition) is 1. The Morgan fingerprint density at radius 1 is 1.62 bits per heavy atom. The van der Waals surface area contributed by atoms with Gasteiger partial charge in [0.2, 0.25) is 5.89 Å². The van der Waals surface area contributed by atoms with Gasteiger partial charge in [0.1, 0.15) is 6.10 Å². The highest BCUT2D eigenvalue weighted by Crippen LogP contribution is 2.13. The topological polar surface area (TPSA) is 85.5 Å². The minimum absolute atomic E-state index is 0.110. The van der Waals surface area contributed by atoms with Gasteiger partial charge in [0.25, 0.3) is 0 Å². The molecule has 1 rings (SSSR count). The largest absolute Gasteiger partial charge is 0.481 e. The van der Waals surface area contributed by atoms with Crippen LogP contribution in [0, 0.1) is 0 Å². The lowest BCUT2D eigenvalue weighted by atomic mass is 10.2. The molecule has 0 bridgehead atoms. The summed E-state index contributed by atoms with van der Waals surface area (Å²) in [7, 11) is 0. The number of ether oxygens (including phenoxy) is 1. The van der Waals surface area contributed by atoms with Gasteiger partial charge in [-0.2, -0.15) is 4.98 Å². The lowest BCUT2D eigenvalue weighted by Crippen LogP contribution is -2.01. The van der Waals surface area contributed by atoms with Gasteiger partial charge in [-0.15, -0.1) is 0 Å². The van der Waals surface area contributed by atoms with E-state index in [1.54, 1.807) is 0 Å². The van der Waals surface area contributed by atoms with Crippen LogP contribution in [-0.4, -0.2) is 27.8 Å². The van der Waals surface area contributed by atoms with Gasteiger partial charge in [0, 0.05) is 19.4 Å². The number of rotatable bonds is 7. The second-order valence-electron chi connectivity index (χ2n) is 3.39. The van der Waals surface area contributed by atoms with Gasteiger partial charge >= 0.3 is 5.97 Å². The van der Waals surface area contributed by atoms with E-state index >= 15 is 0 Å². The van der Waals surface area contributed by atoms with Crippen LogP contribution in [0.3, 0.4) is 0 Å². The third-order valence-electron chi connectivity index (χ3n) is 2.05. The number of hydrogen-bond acceptors (Lipinski definition) is 5. The van der Waals surface area contributed by atoms with E-state index in [4.69, 9.17) is 14.4 Å². The Morgan fingerprint density at radius 2 is 2.38 bits per heavy atom. The first kappa shape index (κ1) is 12.6. The van der Waals surface area contributed by atoms with Crippen LogP contribution < -0.4 is 0 Å². The molecule has 0 saturated heterocycles. The van der Waals surface area contributed by atoms with Gasteiger partial charge in [-0.3, -0.25) is 4.79 Å². The first-order valence-electron chi connectivity index (χ1n) is 5.29. The van der Waals surface area contributed by atoms with Crippen molar-refractivity contribution in [2.45, 2.75) is 39.2 Å². The predicted octanol–water partition coefficient (Wildman–Crippen LogP) is 1.57. The Bertz CT molecular complexity index is 337. The van der Waals surface area contributed by atoms with Crippen molar-refractivity contribution in [3.05, 3.63) is 11.7 Å². The Morgan fingerprint density at radius 3 is 3.00 bits per heavy atom. The van der Waals surface area contributed by atoms with Crippen LogP contribution in [0.2, 0.25) is 0 Å². The first-order chi connectivity index (χ1) is 7.63. The maximum Gasteiger partial charge on any atom is 0.303 e. The molecule has 0 aliphatic rings. The van der Waals surface area contributed by atoms with Crippen LogP contribution in [0.5, 0.6) is 0 Å². The van der Waals surface area contributed by atoms with E-state index in [9.17, 15) is 4.79 Å². The summed E-state index contributed by atoms with van der Waals surface area (Å²) in [5.41, 5.74) is 0. The van der Waals surface area contributed by atoms with Crippen LogP contribution in [0.25, 0.3) is 0 Å². The van der Waals surface area contributed by atoms with Gasteiger partial charge in [-0.1, -0.05) is 5.16 Å². The highest BCUT2D eigenvalue weighted by atomic mass is 16.5. The summed E-state index contributed by atoms with van der Waals surface area (Å²) < 4.78 is 10.3. The van der Waals surface area contributed by atoms with Crippen molar-refractivity contribution in [3.63, 3.8) is 0 Å². The van der Waals surface area contributed by atoms with Crippen molar-refractivity contribution in [2.24, 2.45) is 0 Å². The lowest BCUT2D eigenvalue weighted by molar-refractivity contribution is -0.137. The third-order valence-corrected chi connectivity index (χ3v) is 2.05. The smallest absolute Gasteiger partial charge is 0.303 e. The summed E-state index contributed by atoms with van der Waals surface area (Å²) in [6.45, 7) is 4.32. The third kappa shape index (κ3) is 3.98. The van der Waals surface area contributed by atoms with Crippen molar-refractivity contribution in [2.75, 3.05) is 6.61 Å². The second-order valence-corrected chi connectivity index (χ2v) is 3.39. The fourth-order valence-electron chi connectivity index (χ4n) is 1.25. The fraction of sp³-hybridized carbons (Fsp3) is 0.700. The number of aromatic nitrogens is 2. The van der Waals surface area contributed by atoms with Crippen molar-refractivity contribution in [1.82, 2.24) is 10.1 Å². The minimum Gasteiger partial charge on any atom is -0.481 e. The first-order valence-corrected chi connectivity index (χ1v) is 5.29. The zero-order valence-corrected chi connectivity index (χ0v) is 9.47. The maximum absolute atomic E-state index is 10.3. The van der Waals surface area contributed by atoms with Crippen LogP contribution in [0.1, 0.15) is 44.5 Å². The predicted molar refractivity (Wildman–Crippen MR) is 54.9 cm³/mol. The monoisotopic (exact) mass is 228 g/mol. The standard InChI is InChI=1S/C10H16N2O4/c1-3-15-7(2)10-11-8(16-12-10)5-4-6-9(13)14/h7H,3-6H2,1-2H3,(H,13,14). The SMILES string of the molecule is CCOC(C)c1noc(CCCC(=O)O)n1. The van der Waals surface area contributed by atoms with Crippen LogP contribution in [0.4, 0.5) is 0 Å². The molecule has 90 valence electrons. The normalized spacial score (nSPS) is 12.6. The molecule has 1 aromatic rings. The van der Waals surface area contributed by atoms with E-state index in [0.29, 0.717) is 31.2 Å². The highest BCUT2D eigenvalue weighted by molar-refractivity contribution is 5.66. The maximum atomic E-state index is 10.3. The zero-order chi connectivity index (χ0) is 12.0. The van der Waals surface area contributed by atoms with E-state index in [1.807, 2.05) is 13.8 Å². The molecular weight excluding hydrogens is 212 g/mol. The number of nitrogens with zero attached hydrogens (tertiary/aromatic N) is 2.